The molecular formula is C18H17ClF2N4O2. The maximum atomic E-state index is 14.0. The second kappa shape index (κ2) is 7.48. The molecule has 2 heterocycles. The van der Waals surface area contributed by atoms with E-state index in [0.717, 1.165) is 6.07 Å². The third-order valence-electron chi connectivity index (χ3n) is 4.11. The molecule has 2 amide bonds. The Kier molecular flexibility index (Phi) is 5.27. The van der Waals surface area contributed by atoms with Crippen molar-refractivity contribution in [2.45, 2.75) is 26.8 Å². The predicted molar refractivity (Wildman–Crippen MR) is 97.6 cm³/mol. The van der Waals surface area contributed by atoms with Crippen LogP contribution in [0.15, 0.2) is 28.9 Å². The van der Waals surface area contributed by atoms with E-state index in [1.54, 1.807) is 6.92 Å². The van der Waals surface area contributed by atoms with Crippen LogP contribution in [0.2, 0.25) is 5.28 Å². The number of aryl methyl sites for hydroxylation is 1. The topological polar surface area (TPSA) is 80.0 Å². The fraction of sp³-hybridized carbons (Fsp3) is 0.278. The zero-order valence-corrected chi connectivity index (χ0v) is 15.6. The molecule has 3 aromatic rings. The number of carbonyl (C=O) groups excluding carboxylic acids is 1. The van der Waals surface area contributed by atoms with Crippen LogP contribution in [0, 0.1) is 24.5 Å². The van der Waals surface area contributed by atoms with Crippen molar-refractivity contribution in [1.82, 2.24) is 15.3 Å². The molecule has 1 aromatic carbocycles. The molecule has 0 aliphatic rings. The molecule has 6 nitrogen and oxygen atoms in total. The van der Waals surface area contributed by atoms with Crippen molar-refractivity contribution in [2.24, 2.45) is 5.92 Å². The normalized spacial score (nSPS) is 12.4. The highest BCUT2D eigenvalue weighted by Gasteiger charge is 2.26. The summed E-state index contributed by atoms with van der Waals surface area (Å²) in [6.45, 7) is 5.45. The summed E-state index contributed by atoms with van der Waals surface area (Å²) in [6.07, 6.45) is 2.73. The monoisotopic (exact) mass is 394 g/mol. The molecule has 0 spiro atoms. The fourth-order valence-corrected chi connectivity index (χ4v) is 2.88. The van der Waals surface area contributed by atoms with Gasteiger partial charge < -0.3 is 15.1 Å². The summed E-state index contributed by atoms with van der Waals surface area (Å²) in [6, 6.07) is 0.891. The number of hydrogen-bond donors (Lipinski definition) is 2. The van der Waals surface area contributed by atoms with Gasteiger partial charge in [0.25, 0.3) is 0 Å². The molecule has 1 atom stereocenters. The van der Waals surface area contributed by atoms with Crippen LogP contribution in [0.4, 0.5) is 19.3 Å². The summed E-state index contributed by atoms with van der Waals surface area (Å²) in [4.78, 5) is 19.9. The van der Waals surface area contributed by atoms with Gasteiger partial charge in [-0.15, -0.1) is 0 Å². The lowest BCUT2D eigenvalue weighted by Crippen LogP contribution is -2.35. The summed E-state index contributed by atoms with van der Waals surface area (Å²) >= 11 is 5.61. The number of fused-ring (bicyclic) bond motifs is 1. The number of carbonyl (C=O) groups is 1. The minimum absolute atomic E-state index is 0.0390. The van der Waals surface area contributed by atoms with Crippen molar-refractivity contribution in [2.75, 3.05) is 5.32 Å². The second-order valence-corrected chi connectivity index (χ2v) is 6.75. The Balaban J connectivity index is 1.88. The number of nitrogens with one attached hydrogen (secondary N) is 2. The molecule has 0 saturated carbocycles. The number of aromatic nitrogens is 2. The second-order valence-electron chi connectivity index (χ2n) is 6.42. The van der Waals surface area contributed by atoms with E-state index in [-0.39, 0.29) is 16.8 Å². The van der Waals surface area contributed by atoms with E-state index >= 15 is 0 Å². The largest absolute Gasteiger partial charge is 0.455 e. The van der Waals surface area contributed by atoms with Gasteiger partial charge >= 0.3 is 6.03 Å². The van der Waals surface area contributed by atoms with Crippen LogP contribution in [0.1, 0.15) is 31.2 Å². The zero-order valence-electron chi connectivity index (χ0n) is 14.8. The van der Waals surface area contributed by atoms with Gasteiger partial charge in [-0.1, -0.05) is 13.8 Å². The number of amides is 2. The highest BCUT2D eigenvalue weighted by molar-refractivity contribution is 6.28. The summed E-state index contributed by atoms with van der Waals surface area (Å²) in [5.41, 5.74) is 0.883. The van der Waals surface area contributed by atoms with Gasteiger partial charge in [0.2, 0.25) is 5.28 Å². The first-order valence-electron chi connectivity index (χ1n) is 8.19. The van der Waals surface area contributed by atoms with Gasteiger partial charge in [-0.05, 0) is 30.5 Å². The van der Waals surface area contributed by atoms with Crippen molar-refractivity contribution in [1.29, 1.82) is 0 Å². The van der Waals surface area contributed by atoms with Gasteiger partial charge in [0.1, 0.15) is 11.6 Å². The van der Waals surface area contributed by atoms with Gasteiger partial charge in [-0.25, -0.2) is 23.5 Å². The maximum Gasteiger partial charge on any atom is 0.319 e. The summed E-state index contributed by atoms with van der Waals surface area (Å²) in [7, 11) is 0. The Morgan fingerprint density at radius 1 is 1.22 bits per heavy atom. The van der Waals surface area contributed by atoms with E-state index in [1.807, 2.05) is 13.8 Å². The minimum atomic E-state index is -0.787. The standard InChI is InChI=1S/C18H17ClF2N4O2/c1-8(2)14(25-18(26)24-11-6-22-17(19)23-7-11)15-9(3)12-4-10(20)5-13(21)16(12)27-15/h4-8,14H,1-3H3,(H2,24,25,26). The first-order chi connectivity index (χ1) is 12.8. The molecule has 2 N–H and O–H groups in total. The quantitative estimate of drug-likeness (QED) is 0.611. The Hall–Kier alpha value is -2.74. The molecule has 0 bridgehead atoms. The number of furan rings is 1. The average Bonchev–Trinajstić information content (AvgIpc) is 2.92. The predicted octanol–water partition coefficient (Wildman–Crippen LogP) is 4.98. The van der Waals surface area contributed by atoms with E-state index in [4.69, 9.17) is 16.0 Å². The first-order valence-corrected chi connectivity index (χ1v) is 8.57. The van der Waals surface area contributed by atoms with Crippen molar-refractivity contribution in [3.63, 3.8) is 0 Å². The molecule has 142 valence electrons. The zero-order chi connectivity index (χ0) is 19.7. The Morgan fingerprint density at radius 2 is 1.89 bits per heavy atom. The van der Waals surface area contributed by atoms with Crippen LogP contribution in [0.25, 0.3) is 11.0 Å². The molecular weight excluding hydrogens is 378 g/mol. The smallest absolute Gasteiger partial charge is 0.319 e. The van der Waals surface area contributed by atoms with E-state index in [2.05, 4.69) is 20.6 Å². The Morgan fingerprint density at radius 3 is 2.52 bits per heavy atom. The molecule has 0 radical (unpaired) electrons. The number of benzene rings is 1. The SMILES string of the molecule is Cc1c(C(NC(=O)Nc2cnc(Cl)nc2)C(C)C)oc2c(F)cc(F)cc12. The van der Waals surface area contributed by atoms with Crippen LogP contribution in [0.5, 0.6) is 0 Å². The number of halogens is 3. The summed E-state index contributed by atoms with van der Waals surface area (Å²) in [5.74, 6) is -1.19. The fourth-order valence-electron chi connectivity index (χ4n) is 2.78. The van der Waals surface area contributed by atoms with E-state index in [1.165, 1.54) is 18.5 Å². The molecule has 1 unspecified atom stereocenters. The molecule has 2 aromatic heterocycles. The van der Waals surface area contributed by atoms with Gasteiger partial charge in [-0.2, -0.15) is 0 Å². The third kappa shape index (κ3) is 4.00. The van der Waals surface area contributed by atoms with Crippen LogP contribution < -0.4 is 10.6 Å². The van der Waals surface area contributed by atoms with E-state index in [9.17, 15) is 13.6 Å². The highest BCUT2D eigenvalue weighted by atomic mass is 35.5. The summed E-state index contributed by atoms with van der Waals surface area (Å²) in [5, 5.41) is 5.77. The molecule has 0 saturated heterocycles. The molecule has 27 heavy (non-hydrogen) atoms. The number of anilines is 1. The van der Waals surface area contributed by atoms with Crippen molar-refractivity contribution >= 4 is 34.3 Å². The van der Waals surface area contributed by atoms with Crippen LogP contribution in [-0.4, -0.2) is 16.0 Å². The lowest BCUT2D eigenvalue weighted by molar-refractivity contribution is 0.241. The third-order valence-corrected chi connectivity index (χ3v) is 4.30. The van der Waals surface area contributed by atoms with Crippen molar-refractivity contribution in [3.8, 4) is 0 Å². The van der Waals surface area contributed by atoms with Crippen LogP contribution in [0.3, 0.4) is 0 Å². The number of nitrogens with zero attached hydrogens (tertiary/aromatic N) is 2. The Bertz CT molecular complexity index is 989. The molecule has 0 fully saturated rings. The number of rotatable bonds is 4. The minimum Gasteiger partial charge on any atom is -0.455 e. The number of hydrogen-bond acceptors (Lipinski definition) is 4. The maximum absolute atomic E-state index is 14.0. The first kappa shape index (κ1) is 19.0. The van der Waals surface area contributed by atoms with Gasteiger partial charge in [0, 0.05) is 17.0 Å². The van der Waals surface area contributed by atoms with Gasteiger partial charge in [0.05, 0.1) is 24.1 Å². The van der Waals surface area contributed by atoms with E-state index < -0.39 is 23.7 Å². The number of urea groups is 1. The molecule has 0 aliphatic heterocycles. The van der Waals surface area contributed by atoms with Gasteiger partial charge in [-0.3, -0.25) is 0 Å². The van der Waals surface area contributed by atoms with Gasteiger partial charge in [0.15, 0.2) is 11.4 Å². The van der Waals surface area contributed by atoms with Crippen molar-refractivity contribution < 1.29 is 18.0 Å². The summed E-state index contributed by atoms with van der Waals surface area (Å²) < 4.78 is 33.2. The molecule has 0 aliphatic carbocycles. The van der Waals surface area contributed by atoms with E-state index in [0.29, 0.717) is 22.4 Å². The van der Waals surface area contributed by atoms with Crippen LogP contribution >= 0.6 is 11.6 Å². The molecule has 3 rings (SSSR count). The molecule has 9 heteroatoms. The lowest BCUT2D eigenvalue weighted by Gasteiger charge is -2.21. The average molecular weight is 395 g/mol. The van der Waals surface area contributed by atoms with Crippen molar-refractivity contribution in [3.05, 3.63) is 52.8 Å². The Labute approximate surface area is 158 Å². The highest BCUT2D eigenvalue weighted by Crippen LogP contribution is 2.34. The lowest BCUT2D eigenvalue weighted by atomic mass is 9.98. The van der Waals surface area contributed by atoms with Crippen LogP contribution in [-0.2, 0) is 0 Å².